The van der Waals surface area contributed by atoms with E-state index in [1.54, 1.807) is 31.4 Å². The number of anilines is 1. The predicted octanol–water partition coefficient (Wildman–Crippen LogP) is 6.08. The van der Waals surface area contributed by atoms with Crippen LogP contribution in [0.3, 0.4) is 0 Å². The Bertz CT molecular complexity index is 887. The Morgan fingerprint density at radius 3 is 2.19 bits per heavy atom. The van der Waals surface area contributed by atoms with Crippen LogP contribution in [0.1, 0.15) is 33.9 Å². The third kappa shape index (κ3) is 5.11. The predicted molar refractivity (Wildman–Crippen MR) is 111 cm³/mol. The van der Waals surface area contributed by atoms with Crippen molar-refractivity contribution in [3.63, 3.8) is 0 Å². The Morgan fingerprint density at radius 1 is 0.963 bits per heavy atom. The molecular weight excluding hydrogens is 358 g/mol. The van der Waals surface area contributed by atoms with Gasteiger partial charge in [-0.1, -0.05) is 41.4 Å². The van der Waals surface area contributed by atoms with E-state index in [1.165, 1.54) is 5.56 Å². The topological polar surface area (TPSA) is 38.3 Å². The molecule has 3 nitrogen and oxygen atoms in total. The van der Waals surface area contributed by atoms with Crippen molar-refractivity contribution in [2.75, 3.05) is 12.4 Å². The number of hydrogen-bond donors (Lipinski definition) is 1. The summed E-state index contributed by atoms with van der Waals surface area (Å²) in [6.45, 7) is 2.05. The first-order valence-electron chi connectivity index (χ1n) is 8.81. The second kappa shape index (κ2) is 8.74. The summed E-state index contributed by atoms with van der Waals surface area (Å²) in [7, 11) is 1.64. The summed E-state index contributed by atoms with van der Waals surface area (Å²) in [6.07, 6.45) is 0.335. The van der Waals surface area contributed by atoms with E-state index in [0.717, 1.165) is 17.0 Å². The molecule has 0 aromatic heterocycles. The summed E-state index contributed by atoms with van der Waals surface area (Å²) in [5.74, 6) is 0.851. The summed E-state index contributed by atoms with van der Waals surface area (Å²) in [6, 6.07) is 22.8. The molecule has 0 aliphatic rings. The molecule has 0 heterocycles. The van der Waals surface area contributed by atoms with E-state index in [1.807, 2.05) is 36.4 Å². The van der Waals surface area contributed by atoms with Gasteiger partial charge in [-0.25, -0.2) is 0 Å². The van der Waals surface area contributed by atoms with Crippen molar-refractivity contribution in [1.82, 2.24) is 0 Å². The zero-order valence-corrected chi connectivity index (χ0v) is 16.2. The number of benzene rings is 3. The first-order chi connectivity index (χ1) is 13.0. The van der Waals surface area contributed by atoms with Crippen LogP contribution >= 0.6 is 11.6 Å². The van der Waals surface area contributed by atoms with Gasteiger partial charge in [0.25, 0.3) is 0 Å². The number of ether oxygens (including phenoxy) is 1. The monoisotopic (exact) mass is 379 g/mol. The SMILES string of the molecule is COc1ccc(C(CC(=O)c2ccc(Cl)cc2)Nc2ccc(C)cc2)cc1. The largest absolute Gasteiger partial charge is 0.497 e. The normalized spacial score (nSPS) is 11.7. The fraction of sp³-hybridized carbons (Fsp3) is 0.174. The minimum absolute atomic E-state index is 0.0621. The van der Waals surface area contributed by atoms with Crippen LogP contribution in [-0.2, 0) is 0 Å². The van der Waals surface area contributed by atoms with Gasteiger partial charge in [-0.15, -0.1) is 0 Å². The van der Waals surface area contributed by atoms with Gasteiger partial charge >= 0.3 is 0 Å². The Labute approximate surface area is 164 Å². The summed E-state index contributed by atoms with van der Waals surface area (Å²) in [4.78, 5) is 12.8. The van der Waals surface area contributed by atoms with Crippen LogP contribution in [0.4, 0.5) is 5.69 Å². The smallest absolute Gasteiger partial charge is 0.165 e. The Balaban J connectivity index is 1.84. The number of hydrogen-bond acceptors (Lipinski definition) is 3. The number of carbonyl (C=O) groups excluding carboxylic acids is 1. The summed E-state index contributed by atoms with van der Waals surface area (Å²) < 4.78 is 5.24. The van der Waals surface area contributed by atoms with Crippen LogP contribution in [0.25, 0.3) is 0 Å². The first kappa shape index (κ1) is 19.0. The quantitative estimate of drug-likeness (QED) is 0.505. The van der Waals surface area contributed by atoms with Crippen molar-refractivity contribution in [2.45, 2.75) is 19.4 Å². The molecule has 0 saturated heterocycles. The van der Waals surface area contributed by atoms with Crippen molar-refractivity contribution in [1.29, 1.82) is 0 Å². The summed E-state index contributed by atoms with van der Waals surface area (Å²) >= 11 is 5.93. The molecule has 3 rings (SSSR count). The van der Waals surface area contributed by atoms with Gasteiger partial charge in [-0.05, 0) is 61.0 Å². The highest BCUT2D eigenvalue weighted by atomic mass is 35.5. The molecule has 27 heavy (non-hydrogen) atoms. The molecule has 0 aliphatic heterocycles. The Morgan fingerprint density at radius 2 is 1.59 bits per heavy atom. The molecule has 1 atom stereocenters. The van der Waals surface area contributed by atoms with Crippen LogP contribution in [0.2, 0.25) is 5.02 Å². The van der Waals surface area contributed by atoms with E-state index in [4.69, 9.17) is 16.3 Å². The molecule has 0 amide bonds. The molecule has 1 unspecified atom stereocenters. The van der Waals surface area contributed by atoms with Gasteiger partial charge in [0.05, 0.1) is 13.2 Å². The van der Waals surface area contributed by atoms with Gasteiger partial charge < -0.3 is 10.1 Å². The van der Waals surface area contributed by atoms with E-state index in [2.05, 4.69) is 24.4 Å². The van der Waals surface area contributed by atoms with Crippen molar-refractivity contribution in [2.24, 2.45) is 0 Å². The molecular formula is C23H22ClNO2. The molecule has 3 aromatic carbocycles. The second-order valence-corrected chi connectivity index (χ2v) is 6.91. The molecule has 0 fully saturated rings. The minimum atomic E-state index is -0.151. The van der Waals surface area contributed by atoms with E-state index in [9.17, 15) is 4.79 Å². The third-order valence-corrected chi connectivity index (χ3v) is 4.72. The zero-order chi connectivity index (χ0) is 19.2. The Kier molecular flexibility index (Phi) is 6.15. The van der Waals surface area contributed by atoms with Crippen molar-refractivity contribution < 1.29 is 9.53 Å². The van der Waals surface area contributed by atoms with E-state index >= 15 is 0 Å². The average molecular weight is 380 g/mol. The van der Waals surface area contributed by atoms with Crippen molar-refractivity contribution in [3.8, 4) is 5.75 Å². The van der Waals surface area contributed by atoms with E-state index < -0.39 is 0 Å². The maximum absolute atomic E-state index is 12.8. The third-order valence-electron chi connectivity index (χ3n) is 4.47. The molecule has 1 N–H and O–H groups in total. The van der Waals surface area contributed by atoms with Gasteiger partial charge in [-0.3, -0.25) is 4.79 Å². The number of halogens is 1. The van der Waals surface area contributed by atoms with Gasteiger partial charge in [0.2, 0.25) is 0 Å². The lowest BCUT2D eigenvalue weighted by atomic mass is 9.97. The van der Waals surface area contributed by atoms with Crippen LogP contribution in [-0.4, -0.2) is 12.9 Å². The molecule has 0 aliphatic carbocycles. The lowest BCUT2D eigenvalue weighted by Gasteiger charge is -2.20. The Hall–Kier alpha value is -2.78. The van der Waals surface area contributed by atoms with Gasteiger partial charge in [0.15, 0.2) is 5.78 Å². The highest BCUT2D eigenvalue weighted by molar-refractivity contribution is 6.30. The lowest BCUT2D eigenvalue weighted by molar-refractivity contribution is 0.0976. The van der Waals surface area contributed by atoms with Crippen LogP contribution in [0.5, 0.6) is 5.75 Å². The van der Waals surface area contributed by atoms with Crippen LogP contribution < -0.4 is 10.1 Å². The average Bonchev–Trinajstić information content (AvgIpc) is 2.69. The number of rotatable bonds is 7. The molecule has 0 saturated carbocycles. The van der Waals surface area contributed by atoms with Gasteiger partial charge in [-0.2, -0.15) is 0 Å². The van der Waals surface area contributed by atoms with Crippen LogP contribution in [0, 0.1) is 6.92 Å². The van der Waals surface area contributed by atoms with Gasteiger partial charge in [0, 0.05) is 22.7 Å². The molecule has 4 heteroatoms. The standard InChI is InChI=1S/C23H22ClNO2/c1-16-3-11-20(12-4-16)25-22(17-7-13-21(27-2)14-8-17)15-23(26)18-5-9-19(24)10-6-18/h3-14,22,25H,15H2,1-2H3. The molecule has 0 bridgehead atoms. The number of ketones is 1. The van der Waals surface area contributed by atoms with E-state index in [0.29, 0.717) is 17.0 Å². The summed E-state index contributed by atoms with van der Waals surface area (Å²) in [5, 5.41) is 4.11. The molecule has 138 valence electrons. The molecule has 0 radical (unpaired) electrons. The van der Waals surface area contributed by atoms with Crippen LogP contribution in [0.15, 0.2) is 72.8 Å². The number of nitrogens with one attached hydrogen (secondary N) is 1. The number of methoxy groups -OCH3 is 1. The fourth-order valence-corrected chi connectivity index (χ4v) is 3.00. The maximum Gasteiger partial charge on any atom is 0.165 e. The highest BCUT2D eigenvalue weighted by Crippen LogP contribution is 2.26. The first-order valence-corrected chi connectivity index (χ1v) is 9.19. The zero-order valence-electron chi connectivity index (χ0n) is 15.4. The second-order valence-electron chi connectivity index (χ2n) is 6.47. The van der Waals surface area contributed by atoms with E-state index in [-0.39, 0.29) is 11.8 Å². The minimum Gasteiger partial charge on any atom is -0.497 e. The van der Waals surface area contributed by atoms with Crippen molar-refractivity contribution in [3.05, 3.63) is 94.5 Å². The maximum atomic E-state index is 12.8. The molecule has 3 aromatic rings. The van der Waals surface area contributed by atoms with Crippen molar-refractivity contribution >= 4 is 23.1 Å². The highest BCUT2D eigenvalue weighted by Gasteiger charge is 2.17. The van der Waals surface area contributed by atoms with Gasteiger partial charge in [0.1, 0.15) is 5.75 Å². The number of aryl methyl sites for hydroxylation is 1. The molecule has 0 spiro atoms. The summed E-state index contributed by atoms with van der Waals surface area (Å²) in [5.41, 5.74) is 3.85. The fourth-order valence-electron chi connectivity index (χ4n) is 2.88. The number of carbonyl (C=O) groups is 1. The lowest BCUT2D eigenvalue weighted by Crippen LogP contribution is -2.16. The number of Topliss-reactive ketones (excluding diaryl/α,β-unsaturated/α-hetero) is 1.